The van der Waals surface area contributed by atoms with E-state index in [9.17, 15) is 9.59 Å². The van der Waals surface area contributed by atoms with Crippen molar-refractivity contribution >= 4 is 12.3 Å². The van der Waals surface area contributed by atoms with Crippen molar-refractivity contribution in [3.8, 4) is 0 Å². The molecule has 0 aromatic heterocycles. The second-order valence-corrected chi connectivity index (χ2v) is 4.69. The predicted molar refractivity (Wildman–Crippen MR) is 55.0 cm³/mol. The fraction of sp³-hybridized carbons (Fsp3) is 0.800. The topological polar surface area (TPSA) is 67.4 Å². The molecule has 1 rings (SSSR count). The van der Waals surface area contributed by atoms with Crippen molar-refractivity contribution in [1.82, 2.24) is 10.9 Å². The average molecular weight is 214 g/mol. The Morgan fingerprint density at radius 1 is 1.33 bits per heavy atom. The van der Waals surface area contributed by atoms with E-state index in [0.717, 1.165) is 6.29 Å². The number of ether oxygens (including phenoxy) is 1. The minimum absolute atomic E-state index is 0.205. The average Bonchev–Trinajstić information content (AvgIpc) is 2.15. The Balaban J connectivity index is 2.40. The van der Waals surface area contributed by atoms with Gasteiger partial charge in [-0.25, -0.2) is 10.9 Å². The molecule has 0 saturated carbocycles. The van der Waals surface area contributed by atoms with Gasteiger partial charge in [0.2, 0.25) is 0 Å². The van der Waals surface area contributed by atoms with Gasteiger partial charge in [0.15, 0.2) is 0 Å². The molecule has 1 aliphatic heterocycles. The third kappa shape index (κ3) is 3.97. The number of hydrazine groups is 1. The smallest absolute Gasteiger partial charge is 0.325 e. The molecule has 1 aliphatic rings. The summed E-state index contributed by atoms with van der Waals surface area (Å²) in [6.45, 7) is 5.49. The summed E-state index contributed by atoms with van der Waals surface area (Å²) < 4.78 is 5.22. The SMILES string of the molecule is CC(C)(C)OC(=O)[C@@H]1CC[C@@H](C=O)NN1. The molecular weight excluding hydrogens is 196 g/mol. The van der Waals surface area contributed by atoms with Crippen molar-refractivity contribution in [2.75, 3.05) is 0 Å². The summed E-state index contributed by atoms with van der Waals surface area (Å²) in [5.41, 5.74) is 5.08. The molecule has 1 fully saturated rings. The van der Waals surface area contributed by atoms with Crippen LogP contribution >= 0.6 is 0 Å². The van der Waals surface area contributed by atoms with E-state index in [2.05, 4.69) is 10.9 Å². The zero-order chi connectivity index (χ0) is 11.5. The lowest BCUT2D eigenvalue weighted by Crippen LogP contribution is -2.56. The molecule has 1 heterocycles. The summed E-state index contributed by atoms with van der Waals surface area (Å²) in [5, 5.41) is 0. The molecule has 1 saturated heterocycles. The van der Waals surface area contributed by atoms with E-state index < -0.39 is 5.60 Å². The molecule has 5 heteroatoms. The van der Waals surface area contributed by atoms with Crippen LogP contribution in [0.5, 0.6) is 0 Å². The molecule has 2 N–H and O–H groups in total. The maximum absolute atomic E-state index is 11.6. The Hall–Kier alpha value is -0.940. The first-order valence-electron chi connectivity index (χ1n) is 5.11. The minimum atomic E-state index is -0.472. The first-order chi connectivity index (χ1) is 6.92. The highest BCUT2D eigenvalue weighted by molar-refractivity contribution is 5.76. The lowest BCUT2D eigenvalue weighted by molar-refractivity contribution is -0.159. The summed E-state index contributed by atoms with van der Waals surface area (Å²) in [6, 6.07) is -0.566. The van der Waals surface area contributed by atoms with E-state index in [-0.39, 0.29) is 18.1 Å². The molecule has 0 radical (unpaired) electrons. The zero-order valence-electron chi connectivity index (χ0n) is 9.37. The monoisotopic (exact) mass is 214 g/mol. The molecule has 0 aromatic rings. The van der Waals surface area contributed by atoms with Crippen molar-refractivity contribution in [3.05, 3.63) is 0 Å². The van der Waals surface area contributed by atoms with Gasteiger partial charge in [0.1, 0.15) is 17.9 Å². The van der Waals surface area contributed by atoms with E-state index >= 15 is 0 Å². The van der Waals surface area contributed by atoms with Crippen LogP contribution in [0.2, 0.25) is 0 Å². The predicted octanol–water partition coefficient (Wildman–Crippen LogP) is 0.152. The summed E-state index contributed by atoms with van der Waals surface area (Å²) >= 11 is 0. The lowest BCUT2D eigenvalue weighted by Gasteiger charge is -2.29. The summed E-state index contributed by atoms with van der Waals surface area (Å²) in [5.74, 6) is -0.278. The highest BCUT2D eigenvalue weighted by atomic mass is 16.6. The van der Waals surface area contributed by atoms with E-state index in [4.69, 9.17) is 4.74 Å². The van der Waals surface area contributed by atoms with Crippen molar-refractivity contribution in [2.45, 2.75) is 51.3 Å². The Labute approximate surface area is 89.5 Å². The molecule has 0 aromatic carbocycles. The quantitative estimate of drug-likeness (QED) is 0.506. The van der Waals surface area contributed by atoms with E-state index in [0.29, 0.717) is 12.8 Å². The molecule has 0 spiro atoms. The van der Waals surface area contributed by atoms with Crippen LogP contribution in [0.3, 0.4) is 0 Å². The molecule has 0 amide bonds. The highest BCUT2D eigenvalue weighted by Gasteiger charge is 2.28. The molecule has 0 bridgehead atoms. The third-order valence-electron chi connectivity index (χ3n) is 2.06. The van der Waals surface area contributed by atoms with Crippen molar-refractivity contribution in [1.29, 1.82) is 0 Å². The molecule has 2 atom stereocenters. The number of aldehydes is 1. The lowest BCUT2D eigenvalue weighted by atomic mass is 10.1. The second-order valence-electron chi connectivity index (χ2n) is 4.69. The van der Waals surface area contributed by atoms with Gasteiger partial charge in [0, 0.05) is 0 Å². The van der Waals surface area contributed by atoms with Crippen LogP contribution in [-0.4, -0.2) is 29.9 Å². The second kappa shape index (κ2) is 4.72. The van der Waals surface area contributed by atoms with Crippen molar-refractivity contribution in [3.63, 3.8) is 0 Å². The van der Waals surface area contributed by atoms with Crippen molar-refractivity contribution < 1.29 is 14.3 Å². The highest BCUT2D eigenvalue weighted by Crippen LogP contribution is 2.12. The Bertz CT molecular complexity index is 240. The normalized spacial score (nSPS) is 27.1. The standard InChI is InChI=1S/C10H18N2O3/c1-10(2,3)15-9(14)8-5-4-7(6-13)11-12-8/h6-8,11-12H,4-5H2,1-3H3/t7-,8-/m0/s1. The minimum Gasteiger partial charge on any atom is -0.459 e. The molecular formula is C10H18N2O3. The van der Waals surface area contributed by atoms with Crippen LogP contribution in [0, 0.1) is 0 Å². The fourth-order valence-corrected chi connectivity index (χ4v) is 1.35. The fourth-order valence-electron chi connectivity index (χ4n) is 1.35. The van der Waals surface area contributed by atoms with Crippen LogP contribution in [0.15, 0.2) is 0 Å². The number of nitrogens with one attached hydrogen (secondary N) is 2. The van der Waals surface area contributed by atoms with Crippen LogP contribution in [0.25, 0.3) is 0 Å². The van der Waals surface area contributed by atoms with Gasteiger partial charge in [-0.3, -0.25) is 4.79 Å². The maximum atomic E-state index is 11.6. The number of carbonyl (C=O) groups excluding carboxylic acids is 2. The van der Waals surface area contributed by atoms with E-state index in [1.807, 2.05) is 20.8 Å². The van der Waals surface area contributed by atoms with Crippen LogP contribution in [0.1, 0.15) is 33.6 Å². The van der Waals surface area contributed by atoms with E-state index in [1.54, 1.807) is 0 Å². The van der Waals surface area contributed by atoms with Gasteiger partial charge in [0.05, 0.1) is 6.04 Å². The Morgan fingerprint density at radius 3 is 2.40 bits per heavy atom. The van der Waals surface area contributed by atoms with Gasteiger partial charge in [-0.1, -0.05) is 0 Å². The first-order valence-corrected chi connectivity index (χ1v) is 5.11. The summed E-state index contributed by atoms with van der Waals surface area (Å²) in [6.07, 6.45) is 2.10. The summed E-state index contributed by atoms with van der Waals surface area (Å²) in [7, 11) is 0. The van der Waals surface area contributed by atoms with Gasteiger partial charge in [-0.2, -0.15) is 0 Å². The molecule has 0 unspecified atom stereocenters. The van der Waals surface area contributed by atoms with Gasteiger partial charge in [-0.05, 0) is 33.6 Å². The molecule has 5 nitrogen and oxygen atoms in total. The van der Waals surface area contributed by atoms with E-state index in [1.165, 1.54) is 0 Å². The number of carbonyl (C=O) groups is 2. The zero-order valence-corrected chi connectivity index (χ0v) is 9.37. The van der Waals surface area contributed by atoms with Gasteiger partial charge < -0.3 is 9.53 Å². The van der Waals surface area contributed by atoms with Crippen molar-refractivity contribution in [2.24, 2.45) is 0 Å². The van der Waals surface area contributed by atoms with Crippen LogP contribution in [-0.2, 0) is 14.3 Å². The molecule has 0 aliphatic carbocycles. The van der Waals surface area contributed by atoms with Gasteiger partial charge >= 0.3 is 5.97 Å². The first kappa shape index (κ1) is 12.1. The Kier molecular flexibility index (Phi) is 3.82. The molecule has 86 valence electrons. The number of hydrogen-bond acceptors (Lipinski definition) is 5. The van der Waals surface area contributed by atoms with Gasteiger partial charge in [-0.15, -0.1) is 0 Å². The Morgan fingerprint density at radius 2 is 2.00 bits per heavy atom. The molecule has 15 heavy (non-hydrogen) atoms. The van der Waals surface area contributed by atoms with Gasteiger partial charge in [0.25, 0.3) is 0 Å². The largest absolute Gasteiger partial charge is 0.459 e. The number of rotatable bonds is 2. The van der Waals surface area contributed by atoms with Crippen LogP contribution in [0.4, 0.5) is 0 Å². The number of esters is 1. The summed E-state index contributed by atoms with van der Waals surface area (Å²) in [4.78, 5) is 22.0. The van der Waals surface area contributed by atoms with Crippen LogP contribution < -0.4 is 10.9 Å². The maximum Gasteiger partial charge on any atom is 0.325 e. The number of hydrogen-bond donors (Lipinski definition) is 2. The third-order valence-corrected chi connectivity index (χ3v) is 2.06.